The summed E-state index contributed by atoms with van der Waals surface area (Å²) in [7, 11) is 0. The quantitative estimate of drug-likeness (QED) is 0.707. The fourth-order valence-electron chi connectivity index (χ4n) is 1.55. The summed E-state index contributed by atoms with van der Waals surface area (Å²) in [6.07, 6.45) is 3.40. The van der Waals surface area contributed by atoms with Gasteiger partial charge < -0.3 is 0 Å². The van der Waals surface area contributed by atoms with E-state index in [1.54, 1.807) is 23.1 Å². The van der Waals surface area contributed by atoms with Crippen molar-refractivity contribution < 1.29 is 0 Å². The normalized spacial score (nSPS) is 10.5. The molecule has 5 nitrogen and oxygen atoms in total. The molecule has 0 saturated heterocycles. The molecule has 0 radical (unpaired) electrons. The third-order valence-corrected chi connectivity index (χ3v) is 2.51. The third kappa shape index (κ3) is 2.08. The van der Waals surface area contributed by atoms with E-state index in [4.69, 9.17) is 11.6 Å². The Morgan fingerprint density at radius 3 is 2.50 bits per heavy atom. The minimum Gasteiger partial charge on any atom is -0.206 e. The van der Waals surface area contributed by atoms with Gasteiger partial charge in [-0.1, -0.05) is 30.3 Å². The van der Waals surface area contributed by atoms with Crippen molar-refractivity contribution in [2.75, 3.05) is 0 Å². The van der Waals surface area contributed by atoms with Gasteiger partial charge in [-0.2, -0.15) is 20.1 Å². The summed E-state index contributed by atoms with van der Waals surface area (Å²) < 4.78 is 1.54. The Bertz CT molecular complexity index is 651. The molecule has 3 aromatic rings. The Morgan fingerprint density at radius 2 is 1.78 bits per heavy atom. The van der Waals surface area contributed by atoms with Gasteiger partial charge in [-0.15, -0.1) is 0 Å². The van der Waals surface area contributed by atoms with Crippen LogP contribution in [0.3, 0.4) is 0 Å². The number of hydrogen-bond donors (Lipinski definition) is 0. The molecule has 6 heteroatoms. The van der Waals surface area contributed by atoms with E-state index in [1.165, 1.54) is 0 Å². The maximum Gasteiger partial charge on any atom is 0.255 e. The molecule has 0 N–H and O–H groups in total. The highest BCUT2D eigenvalue weighted by molar-refractivity contribution is 6.28. The molecule has 2 heterocycles. The molecular formula is C12H8ClN5. The van der Waals surface area contributed by atoms with Gasteiger partial charge in [0.1, 0.15) is 0 Å². The summed E-state index contributed by atoms with van der Waals surface area (Å²) in [5.41, 5.74) is 0.884. The molecule has 0 spiro atoms. The Kier molecular flexibility index (Phi) is 2.74. The lowest BCUT2D eigenvalue weighted by molar-refractivity contribution is 0.798. The van der Waals surface area contributed by atoms with Crippen LogP contribution in [0.25, 0.3) is 17.3 Å². The standard InChI is InChI=1S/C12H8ClN5/c13-11-15-10(9-5-2-1-3-6-9)16-12(17-11)18-8-4-7-14-18/h1-8H. The lowest BCUT2D eigenvalue weighted by Gasteiger charge is -2.03. The van der Waals surface area contributed by atoms with E-state index >= 15 is 0 Å². The van der Waals surface area contributed by atoms with Crippen molar-refractivity contribution in [2.24, 2.45) is 0 Å². The highest BCUT2D eigenvalue weighted by Gasteiger charge is 2.08. The average Bonchev–Trinajstić information content (AvgIpc) is 2.93. The van der Waals surface area contributed by atoms with Crippen molar-refractivity contribution in [3.05, 3.63) is 54.1 Å². The molecule has 0 amide bonds. The van der Waals surface area contributed by atoms with Gasteiger partial charge in [-0.25, -0.2) is 4.68 Å². The second-order valence-corrected chi connectivity index (χ2v) is 3.88. The number of aromatic nitrogens is 5. The van der Waals surface area contributed by atoms with Crippen molar-refractivity contribution in [3.63, 3.8) is 0 Å². The number of nitrogens with zero attached hydrogens (tertiary/aromatic N) is 5. The van der Waals surface area contributed by atoms with Crippen LogP contribution in [0.1, 0.15) is 0 Å². The van der Waals surface area contributed by atoms with E-state index in [0.29, 0.717) is 11.8 Å². The molecule has 0 unspecified atom stereocenters. The predicted molar refractivity (Wildman–Crippen MR) is 67.4 cm³/mol. The zero-order chi connectivity index (χ0) is 12.4. The van der Waals surface area contributed by atoms with E-state index < -0.39 is 0 Å². The summed E-state index contributed by atoms with van der Waals surface area (Å²) in [6.45, 7) is 0. The highest BCUT2D eigenvalue weighted by atomic mass is 35.5. The molecule has 0 aliphatic rings. The largest absolute Gasteiger partial charge is 0.255 e. The van der Waals surface area contributed by atoms with E-state index in [9.17, 15) is 0 Å². The summed E-state index contributed by atoms with van der Waals surface area (Å²) in [4.78, 5) is 12.5. The Morgan fingerprint density at radius 1 is 0.944 bits per heavy atom. The van der Waals surface area contributed by atoms with Crippen molar-refractivity contribution in [3.8, 4) is 17.3 Å². The van der Waals surface area contributed by atoms with Gasteiger partial charge in [0, 0.05) is 18.0 Å². The SMILES string of the molecule is Clc1nc(-c2ccccc2)nc(-n2cccn2)n1. The van der Waals surface area contributed by atoms with E-state index in [0.717, 1.165) is 5.56 Å². The first-order chi connectivity index (χ1) is 8.83. The topological polar surface area (TPSA) is 56.5 Å². The number of benzene rings is 1. The molecule has 3 rings (SSSR count). The number of rotatable bonds is 2. The lowest BCUT2D eigenvalue weighted by Crippen LogP contribution is -2.04. The maximum atomic E-state index is 5.91. The molecule has 0 aliphatic heterocycles. The Hall–Kier alpha value is -2.27. The summed E-state index contributed by atoms with van der Waals surface area (Å²) in [6, 6.07) is 11.4. The van der Waals surface area contributed by atoms with Crippen LogP contribution in [-0.2, 0) is 0 Å². The van der Waals surface area contributed by atoms with Crippen LogP contribution >= 0.6 is 11.6 Å². The summed E-state index contributed by atoms with van der Waals surface area (Å²) in [5, 5.41) is 4.22. The van der Waals surface area contributed by atoms with Gasteiger partial charge in [0.05, 0.1) is 0 Å². The van der Waals surface area contributed by atoms with E-state index in [1.807, 2.05) is 30.3 Å². The van der Waals surface area contributed by atoms with E-state index in [2.05, 4.69) is 20.1 Å². The summed E-state index contributed by atoms with van der Waals surface area (Å²) in [5.74, 6) is 0.931. The van der Waals surface area contributed by atoms with Gasteiger partial charge in [-0.3, -0.25) is 0 Å². The van der Waals surface area contributed by atoms with E-state index in [-0.39, 0.29) is 5.28 Å². The molecule has 0 atom stereocenters. The van der Waals surface area contributed by atoms with Crippen molar-refractivity contribution in [1.82, 2.24) is 24.7 Å². The lowest BCUT2D eigenvalue weighted by atomic mass is 10.2. The van der Waals surface area contributed by atoms with Gasteiger partial charge in [0.2, 0.25) is 5.28 Å². The van der Waals surface area contributed by atoms with Crippen molar-refractivity contribution >= 4 is 11.6 Å². The minimum atomic E-state index is 0.148. The molecule has 0 saturated carbocycles. The van der Waals surface area contributed by atoms with Gasteiger partial charge in [0.15, 0.2) is 5.82 Å². The number of halogens is 1. The molecule has 88 valence electrons. The third-order valence-electron chi connectivity index (χ3n) is 2.34. The van der Waals surface area contributed by atoms with Crippen LogP contribution in [0.5, 0.6) is 0 Å². The molecule has 2 aromatic heterocycles. The second-order valence-electron chi connectivity index (χ2n) is 3.54. The molecule has 1 aromatic carbocycles. The van der Waals surface area contributed by atoms with Crippen LogP contribution in [0.15, 0.2) is 48.8 Å². The first kappa shape index (κ1) is 10.9. The first-order valence-electron chi connectivity index (χ1n) is 5.30. The van der Waals surface area contributed by atoms with Crippen LogP contribution in [0.2, 0.25) is 5.28 Å². The zero-order valence-corrected chi connectivity index (χ0v) is 9.99. The molecule has 0 aliphatic carbocycles. The fraction of sp³-hybridized carbons (Fsp3) is 0. The van der Waals surface area contributed by atoms with Gasteiger partial charge in [-0.05, 0) is 17.7 Å². The van der Waals surface area contributed by atoms with Crippen LogP contribution < -0.4 is 0 Å². The monoisotopic (exact) mass is 257 g/mol. The molecule has 18 heavy (non-hydrogen) atoms. The summed E-state index contributed by atoms with van der Waals surface area (Å²) >= 11 is 5.91. The highest BCUT2D eigenvalue weighted by Crippen LogP contribution is 2.16. The molecule has 0 bridgehead atoms. The Labute approximate surface area is 108 Å². The van der Waals surface area contributed by atoms with Gasteiger partial charge in [0.25, 0.3) is 5.95 Å². The zero-order valence-electron chi connectivity index (χ0n) is 9.23. The minimum absolute atomic E-state index is 0.148. The van der Waals surface area contributed by atoms with Crippen molar-refractivity contribution in [2.45, 2.75) is 0 Å². The fourth-order valence-corrected chi connectivity index (χ4v) is 1.70. The predicted octanol–water partition coefficient (Wildman–Crippen LogP) is 2.38. The Balaban J connectivity index is 2.12. The smallest absolute Gasteiger partial charge is 0.206 e. The van der Waals surface area contributed by atoms with Crippen molar-refractivity contribution in [1.29, 1.82) is 0 Å². The number of hydrogen-bond acceptors (Lipinski definition) is 4. The second kappa shape index (κ2) is 4.54. The van der Waals surface area contributed by atoms with Crippen LogP contribution in [0.4, 0.5) is 0 Å². The van der Waals surface area contributed by atoms with Crippen LogP contribution in [0, 0.1) is 0 Å². The van der Waals surface area contributed by atoms with Crippen LogP contribution in [-0.4, -0.2) is 24.7 Å². The molecular weight excluding hydrogens is 250 g/mol. The first-order valence-corrected chi connectivity index (χ1v) is 5.68. The maximum absolute atomic E-state index is 5.91. The van der Waals surface area contributed by atoms with Gasteiger partial charge >= 0.3 is 0 Å². The average molecular weight is 258 g/mol. The molecule has 0 fully saturated rings.